The van der Waals surface area contributed by atoms with Crippen LogP contribution in [0.15, 0.2) is 0 Å². The summed E-state index contributed by atoms with van der Waals surface area (Å²) in [4.78, 5) is 16.4. The van der Waals surface area contributed by atoms with E-state index in [2.05, 4.69) is 9.97 Å². The first-order valence-corrected chi connectivity index (χ1v) is 4.01. The molecule has 7 heteroatoms. The third kappa shape index (κ3) is 2.27. The number of nitrogens with one attached hydrogen (secondary N) is 1. The van der Waals surface area contributed by atoms with Crippen molar-refractivity contribution in [3.05, 3.63) is 21.6 Å². The number of aliphatic hydroxyl groups excluding tert-OH is 1. The fourth-order valence-corrected chi connectivity index (χ4v) is 1.09. The van der Waals surface area contributed by atoms with Gasteiger partial charge in [0, 0.05) is 20.1 Å². The topological polar surface area (TPSA) is 101 Å². The van der Waals surface area contributed by atoms with Gasteiger partial charge in [-0.1, -0.05) is 0 Å². The second-order valence-electron chi connectivity index (χ2n) is 2.64. The number of ether oxygens (including phenoxy) is 1. The van der Waals surface area contributed by atoms with Crippen LogP contribution in [-0.4, -0.2) is 33.7 Å². The highest BCUT2D eigenvalue weighted by molar-refractivity contribution is 5.28. The molecule has 7 nitrogen and oxygen atoms in total. The minimum absolute atomic E-state index is 0.163. The van der Waals surface area contributed by atoms with Crippen molar-refractivity contribution >= 4 is 5.82 Å². The van der Waals surface area contributed by atoms with Gasteiger partial charge in [0.25, 0.3) is 0 Å². The van der Waals surface area contributed by atoms with Gasteiger partial charge in [0.2, 0.25) is 5.82 Å². The highest BCUT2D eigenvalue weighted by Crippen LogP contribution is 2.15. The van der Waals surface area contributed by atoms with Crippen LogP contribution in [-0.2, 0) is 17.8 Å². The molecule has 0 aliphatic heterocycles. The molecule has 0 saturated heterocycles. The summed E-state index contributed by atoms with van der Waals surface area (Å²) in [5.74, 6) is 0.216. The average Bonchev–Trinajstić information content (AvgIpc) is 2.49. The van der Waals surface area contributed by atoms with E-state index < -0.39 is 4.92 Å². The average molecular weight is 201 g/mol. The van der Waals surface area contributed by atoms with Crippen LogP contribution >= 0.6 is 0 Å². The fourth-order valence-electron chi connectivity index (χ4n) is 1.09. The third-order valence-corrected chi connectivity index (χ3v) is 1.62. The molecule has 1 heterocycles. The first-order valence-electron chi connectivity index (χ1n) is 4.01. The second-order valence-corrected chi connectivity index (χ2v) is 2.64. The largest absolute Gasteiger partial charge is 0.396 e. The van der Waals surface area contributed by atoms with Crippen molar-refractivity contribution in [1.82, 2.24) is 9.97 Å². The smallest absolute Gasteiger partial charge is 0.344 e. The Balaban J connectivity index is 2.93. The van der Waals surface area contributed by atoms with Gasteiger partial charge in [0.05, 0.1) is 0 Å². The van der Waals surface area contributed by atoms with Crippen LogP contribution in [0.4, 0.5) is 5.82 Å². The minimum Gasteiger partial charge on any atom is -0.396 e. The maximum Gasteiger partial charge on any atom is 0.344 e. The molecule has 1 rings (SSSR count). The summed E-state index contributed by atoms with van der Waals surface area (Å²) in [6.07, 6.45) is 0.163. The Hall–Kier alpha value is -1.47. The van der Waals surface area contributed by atoms with Gasteiger partial charge in [-0.2, -0.15) is 0 Å². The molecule has 0 radical (unpaired) electrons. The van der Waals surface area contributed by atoms with E-state index in [0.717, 1.165) is 0 Å². The van der Waals surface area contributed by atoms with Crippen LogP contribution in [0, 0.1) is 10.1 Å². The molecular weight excluding hydrogens is 190 g/mol. The van der Waals surface area contributed by atoms with Crippen molar-refractivity contribution < 1.29 is 14.8 Å². The summed E-state index contributed by atoms with van der Waals surface area (Å²) in [5, 5.41) is 19.2. The van der Waals surface area contributed by atoms with Crippen LogP contribution < -0.4 is 0 Å². The van der Waals surface area contributed by atoms with Crippen molar-refractivity contribution in [1.29, 1.82) is 0 Å². The lowest BCUT2D eigenvalue weighted by Crippen LogP contribution is -1.97. The van der Waals surface area contributed by atoms with Crippen LogP contribution in [0.5, 0.6) is 0 Å². The normalized spacial score (nSPS) is 10.4. The molecule has 0 aliphatic carbocycles. The number of rotatable bonds is 5. The van der Waals surface area contributed by atoms with Gasteiger partial charge in [-0.25, -0.2) is 9.97 Å². The molecule has 2 N–H and O–H groups in total. The van der Waals surface area contributed by atoms with E-state index in [9.17, 15) is 10.1 Å². The zero-order chi connectivity index (χ0) is 10.6. The summed E-state index contributed by atoms with van der Waals surface area (Å²) >= 11 is 0. The van der Waals surface area contributed by atoms with Gasteiger partial charge in [0.1, 0.15) is 12.3 Å². The molecule has 1 aromatic heterocycles. The molecule has 0 aromatic carbocycles. The van der Waals surface area contributed by atoms with Crippen molar-refractivity contribution in [2.24, 2.45) is 0 Å². The first-order chi connectivity index (χ1) is 6.69. The number of aliphatic hydroxyl groups is 1. The van der Waals surface area contributed by atoms with Crippen molar-refractivity contribution in [2.45, 2.75) is 13.0 Å². The molecule has 0 bridgehead atoms. The lowest BCUT2D eigenvalue weighted by Gasteiger charge is -1.92. The number of imidazole rings is 1. The highest BCUT2D eigenvalue weighted by atomic mass is 16.6. The molecule has 1 aromatic rings. The molecule has 0 spiro atoms. The van der Waals surface area contributed by atoms with Gasteiger partial charge in [-0.3, -0.25) is 0 Å². The Bertz CT molecular complexity index is 323. The predicted molar refractivity (Wildman–Crippen MR) is 46.7 cm³/mol. The van der Waals surface area contributed by atoms with Crippen molar-refractivity contribution in [2.75, 3.05) is 13.7 Å². The molecule has 0 aliphatic rings. The van der Waals surface area contributed by atoms with Crippen LogP contribution in [0.2, 0.25) is 0 Å². The first kappa shape index (κ1) is 10.6. The molecule has 14 heavy (non-hydrogen) atoms. The Labute approximate surface area is 79.9 Å². The predicted octanol–water partition coefficient (Wildman–Crippen LogP) is -0.000900. The van der Waals surface area contributed by atoms with E-state index in [-0.39, 0.29) is 31.1 Å². The Morgan fingerprint density at radius 2 is 2.43 bits per heavy atom. The maximum atomic E-state index is 10.5. The fraction of sp³-hybridized carbons (Fsp3) is 0.571. The van der Waals surface area contributed by atoms with Crippen molar-refractivity contribution in [3.63, 3.8) is 0 Å². The number of nitro groups is 1. The Morgan fingerprint density at radius 1 is 1.71 bits per heavy atom. The number of H-pyrrole nitrogens is 1. The number of hydrogen-bond donors (Lipinski definition) is 2. The number of hydrogen-bond acceptors (Lipinski definition) is 5. The van der Waals surface area contributed by atoms with Gasteiger partial charge >= 0.3 is 5.82 Å². The summed E-state index contributed by atoms with van der Waals surface area (Å²) in [7, 11) is 1.47. The SMILES string of the molecule is COCc1nc(CCO)c([N+](=O)[O-])[nH]1. The van der Waals surface area contributed by atoms with Gasteiger partial charge in [-0.05, 0) is 4.92 Å². The van der Waals surface area contributed by atoms with Gasteiger partial charge in [0.15, 0.2) is 0 Å². The standard InChI is InChI=1S/C7H11N3O4/c1-14-4-6-8-5(2-3-11)7(9-6)10(12)13/h11H,2-4H2,1H3,(H,8,9). The van der Waals surface area contributed by atoms with Gasteiger partial charge < -0.3 is 20.0 Å². The molecule has 78 valence electrons. The third-order valence-electron chi connectivity index (χ3n) is 1.62. The monoisotopic (exact) mass is 201 g/mol. The zero-order valence-corrected chi connectivity index (χ0v) is 7.69. The van der Waals surface area contributed by atoms with Crippen molar-refractivity contribution in [3.8, 4) is 0 Å². The van der Waals surface area contributed by atoms with Gasteiger partial charge in [-0.15, -0.1) is 0 Å². The minimum atomic E-state index is -0.558. The highest BCUT2D eigenvalue weighted by Gasteiger charge is 2.18. The van der Waals surface area contributed by atoms with E-state index in [1.165, 1.54) is 7.11 Å². The summed E-state index contributed by atoms with van der Waals surface area (Å²) in [5.41, 5.74) is 0.254. The molecular formula is C7H11N3O4. The molecule has 0 atom stereocenters. The Kier molecular flexibility index (Phi) is 3.55. The lowest BCUT2D eigenvalue weighted by atomic mass is 10.3. The van der Waals surface area contributed by atoms with E-state index in [0.29, 0.717) is 5.82 Å². The molecule has 0 fully saturated rings. The molecule has 0 unspecified atom stereocenters. The van der Waals surface area contributed by atoms with Crippen LogP contribution in [0.1, 0.15) is 11.5 Å². The number of nitrogens with zero attached hydrogens (tertiary/aromatic N) is 2. The summed E-state index contributed by atoms with van der Waals surface area (Å²) < 4.78 is 4.78. The van der Waals surface area contributed by atoms with E-state index in [1.807, 2.05) is 0 Å². The molecule has 0 amide bonds. The maximum absolute atomic E-state index is 10.5. The Morgan fingerprint density at radius 3 is 2.93 bits per heavy atom. The van der Waals surface area contributed by atoms with Crippen LogP contribution in [0.3, 0.4) is 0 Å². The second kappa shape index (κ2) is 4.68. The van der Waals surface area contributed by atoms with E-state index >= 15 is 0 Å². The lowest BCUT2D eigenvalue weighted by molar-refractivity contribution is -0.390. The number of aromatic amines is 1. The summed E-state index contributed by atoms with van der Waals surface area (Å²) in [6, 6.07) is 0. The summed E-state index contributed by atoms with van der Waals surface area (Å²) in [6.45, 7) is 0.0182. The quantitative estimate of drug-likeness (QED) is 0.515. The zero-order valence-electron chi connectivity index (χ0n) is 7.69. The van der Waals surface area contributed by atoms with E-state index in [1.54, 1.807) is 0 Å². The number of methoxy groups -OCH3 is 1. The number of aromatic nitrogens is 2. The molecule has 0 saturated carbocycles. The van der Waals surface area contributed by atoms with Crippen LogP contribution in [0.25, 0.3) is 0 Å². The van der Waals surface area contributed by atoms with E-state index in [4.69, 9.17) is 9.84 Å².